The summed E-state index contributed by atoms with van der Waals surface area (Å²) < 4.78 is 14.0. The second kappa shape index (κ2) is 6.23. The number of nitrogens with zero attached hydrogens (tertiary/aromatic N) is 1. The maximum absolute atomic E-state index is 13.2. The Morgan fingerprint density at radius 3 is 2.79 bits per heavy atom. The highest BCUT2D eigenvalue weighted by atomic mass is 79.9. The van der Waals surface area contributed by atoms with Crippen molar-refractivity contribution < 1.29 is 4.39 Å². The van der Waals surface area contributed by atoms with Gasteiger partial charge in [-0.3, -0.25) is 0 Å². The fraction of sp³-hybridized carbons (Fsp3) is 0.600. The Morgan fingerprint density at radius 2 is 2.16 bits per heavy atom. The van der Waals surface area contributed by atoms with E-state index in [1.807, 2.05) is 6.07 Å². The zero-order chi connectivity index (χ0) is 14.0. The van der Waals surface area contributed by atoms with Crippen LogP contribution in [0, 0.1) is 11.7 Å². The third-order valence-corrected chi connectivity index (χ3v) is 4.89. The van der Waals surface area contributed by atoms with Gasteiger partial charge in [0.1, 0.15) is 5.82 Å². The van der Waals surface area contributed by atoms with E-state index in [9.17, 15) is 4.39 Å². The topological polar surface area (TPSA) is 15.3 Å². The van der Waals surface area contributed by atoms with Gasteiger partial charge in [-0.15, -0.1) is 0 Å². The summed E-state index contributed by atoms with van der Waals surface area (Å²) in [6.45, 7) is 8.72. The van der Waals surface area contributed by atoms with Crippen LogP contribution in [0.5, 0.6) is 0 Å². The van der Waals surface area contributed by atoms with Crippen LogP contribution in [0.4, 0.5) is 10.1 Å². The molecule has 1 N–H and O–H groups in total. The van der Waals surface area contributed by atoms with Gasteiger partial charge in [0.05, 0.1) is 5.69 Å². The highest BCUT2D eigenvalue weighted by Gasteiger charge is 2.32. The Balaban J connectivity index is 2.18. The van der Waals surface area contributed by atoms with Gasteiger partial charge in [-0.25, -0.2) is 4.39 Å². The number of anilines is 1. The molecule has 1 aliphatic heterocycles. The zero-order valence-electron chi connectivity index (χ0n) is 11.8. The van der Waals surface area contributed by atoms with E-state index in [1.165, 1.54) is 6.07 Å². The van der Waals surface area contributed by atoms with Crippen molar-refractivity contribution in [3.63, 3.8) is 0 Å². The molecule has 1 aromatic rings. The number of hydrogen-bond acceptors (Lipinski definition) is 2. The van der Waals surface area contributed by atoms with Crippen molar-refractivity contribution in [2.24, 2.45) is 5.92 Å². The lowest BCUT2D eigenvalue weighted by Gasteiger charge is -2.44. The summed E-state index contributed by atoms with van der Waals surface area (Å²) in [5.41, 5.74) is 1.09. The van der Waals surface area contributed by atoms with Crippen LogP contribution < -0.4 is 10.2 Å². The van der Waals surface area contributed by atoms with Crippen molar-refractivity contribution >= 4 is 21.6 Å². The maximum atomic E-state index is 13.2. The third-order valence-electron chi connectivity index (χ3n) is 4.25. The van der Waals surface area contributed by atoms with E-state index in [-0.39, 0.29) is 5.82 Å². The molecule has 106 valence electrons. The normalized spacial score (nSPS) is 27.6. The number of piperidine rings is 1. The van der Waals surface area contributed by atoms with E-state index in [0.29, 0.717) is 18.0 Å². The van der Waals surface area contributed by atoms with E-state index in [0.717, 1.165) is 29.7 Å². The van der Waals surface area contributed by atoms with E-state index < -0.39 is 0 Å². The lowest BCUT2D eigenvalue weighted by molar-refractivity contribution is 0.274. The summed E-state index contributed by atoms with van der Waals surface area (Å²) in [6.07, 6.45) is 1.13. The number of rotatable bonds is 3. The zero-order valence-corrected chi connectivity index (χ0v) is 13.4. The van der Waals surface area contributed by atoms with Gasteiger partial charge in [0.25, 0.3) is 0 Å². The summed E-state index contributed by atoms with van der Waals surface area (Å²) >= 11 is 3.48. The molecule has 2 nitrogen and oxygen atoms in total. The van der Waals surface area contributed by atoms with Crippen molar-refractivity contribution in [1.82, 2.24) is 5.32 Å². The quantitative estimate of drug-likeness (QED) is 0.907. The third kappa shape index (κ3) is 3.11. The van der Waals surface area contributed by atoms with Gasteiger partial charge in [-0.1, -0.05) is 13.8 Å². The SMILES string of the molecule is CCNC1CCN(c2ccc(F)cc2Br)C(C)C1C. The van der Waals surface area contributed by atoms with Crippen LogP contribution in [0.25, 0.3) is 0 Å². The van der Waals surface area contributed by atoms with Crippen LogP contribution in [0.3, 0.4) is 0 Å². The van der Waals surface area contributed by atoms with Crippen LogP contribution in [0.2, 0.25) is 0 Å². The molecule has 0 amide bonds. The molecular weight excluding hydrogens is 307 g/mol. The average Bonchev–Trinajstić information content (AvgIpc) is 2.37. The first-order chi connectivity index (χ1) is 9.04. The minimum atomic E-state index is -0.195. The Kier molecular flexibility index (Phi) is 4.85. The molecule has 0 aromatic heterocycles. The molecule has 0 saturated carbocycles. The van der Waals surface area contributed by atoms with E-state index in [2.05, 4.69) is 46.9 Å². The summed E-state index contributed by atoms with van der Waals surface area (Å²) in [6, 6.07) is 5.97. The van der Waals surface area contributed by atoms with Gasteiger partial charge in [0.2, 0.25) is 0 Å². The number of benzene rings is 1. The summed E-state index contributed by atoms with van der Waals surface area (Å²) in [5, 5.41) is 3.56. The second-order valence-corrected chi connectivity index (χ2v) is 6.20. The molecule has 1 aromatic carbocycles. The molecule has 1 aliphatic rings. The van der Waals surface area contributed by atoms with Crippen molar-refractivity contribution in [2.75, 3.05) is 18.0 Å². The molecule has 3 atom stereocenters. The van der Waals surface area contributed by atoms with Crippen molar-refractivity contribution in [3.8, 4) is 0 Å². The molecule has 19 heavy (non-hydrogen) atoms. The van der Waals surface area contributed by atoms with Gasteiger partial charge >= 0.3 is 0 Å². The van der Waals surface area contributed by atoms with E-state index in [4.69, 9.17) is 0 Å². The molecule has 0 spiro atoms. The first-order valence-corrected chi connectivity index (χ1v) is 7.79. The Hall–Kier alpha value is -0.610. The van der Waals surface area contributed by atoms with E-state index in [1.54, 1.807) is 6.07 Å². The minimum Gasteiger partial charge on any atom is -0.368 e. The van der Waals surface area contributed by atoms with Crippen molar-refractivity contribution in [3.05, 3.63) is 28.5 Å². The summed E-state index contributed by atoms with van der Waals surface area (Å²) in [7, 11) is 0. The molecule has 0 radical (unpaired) electrons. The van der Waals surface area contributed by atoms with Crippen LogP contribution in [0.1, 0.15) is 27.2 Å². The van der Waals surface area contributed by atoms with E-state index >= 15 is 0 Å². The maximum Gasteiger partial charge on any atom is 0.124 e. The fourth-order valence-corrected chi connectivity index (χ4v) is 3.55. The lowest BCUT2D eigenvalue weighted by atomic mass is 9.86. The molecule has 1 saturated heterocycles. The first-order valence-electron chi connectivity index (χ1n) is 6.99. The first kappa shape index (κ1) is 14.8. The number of halogens is 2. The largest absolute Gasteiger partial charge is 0.368 e. The molecule has 4 heteroatoms. The molecule has 0 bridgehead atoms. The molecule has 3 unspecified atom stereocenters. The van der Waals surface area contributed by atoms with Crippen molar-refractivity contribution in [2.45, 2.75) is 39.3 Å². The van der Waals surface area contributed by atoms with Crippen LogP contribution in [-0.4, -0.2) is 25.2 Å². The van der Waals surface area contributed by atoms with Gasteiger partial charge in [0, 0.05) is 23.1 Å². The minimum absolute atomic E-state index is 0.195. The van der Waals surface area contributed by atoms with Gasteiger partial charge < -0.3 is 10.2 Å². The van der Waals surface area contributed by atoms with Crippen LogP contribution in [-0.2, 0) is 0 Å². The standard InChI is InChI=1S/C15H22BrFN2/c1-4-18-14-7-8-19(11(3)10(14)2)15-6-5-12(17)9-13(15)16/h5-6,9-11,14,18H,4,7-8H2,1-3H3. The summed E-state index contributed by atoms with van der Waals surface area (Å²) in [4.78, 5) is 2.38. The Morgan fingerprint density at radius 1 is 1.42 bits per heavy atom. The van der Waals surface area contributed by atoms with Crippen LogP contribution >= 0.6 is 15.9 Å². The summed E-state index contributed by atoms with van der Waals surface area (Å²) in [5.74, 6) is 0.379. The predicted molar refractivity (Wildman–Crippen MR) is 82.2 cm³/mol. The second-order valence-electron chi connectivity index (χ2n) is 5.34. The Bertz CT molecular complexity index is 438. The van der Waals surface area contributed by atoms with Gasteiger partial charge in [-0.05, 0) is 59.9 Å². The molecule has 1 heterocycles. The smallest absolute Gasteiger partial charge is 0.124 e. The number of nitrogens with one attached hydrogen (secondary N) is 1. The number of hydrogen-bond donors (Lipinski definition) is 1. The lowest BCUT2D eigenvalue weighted by Crippen LogP contribution is -2.53. The van der Waals surface area contributed by atoms with Crippen molar-refractivity contribution in [1.29, 1.82) is 0 Å². The van der Waals surface area contributed by atoms with Gasteiger partial charge in [0.15, 0.2) is 0 Å². The Labute approximate surface area is 123 Å². The molecule has 1 fully saturated rings. The van der Waals surface area contributed by atoms with Gasteiger partial charge in [-0.2, -0.15) is 0 Å². The highest BCUT2D eigenvalue weighted by Crippen LogP contribution is 2.34. The fourth-order valence-electron chi connectivity index (χ4n) is 2.97. The average molecular weight is 329 g/mol. The monoisotopic (exact) mass is 328 g/mol. The van der Waals surface area contributed by atoms with Crippen LogP contribution in [0.15, 0.2) is 22.7 Å². The predicted octanol–water partition coefficient (Wildman–Crippen LogP) is 3.80. The molecule has 0 aliphatic carbocycles. The molecule has 2 rings (SSSR count). The molecular formula is C15H22BrFN2. The highest BCUT2D eigenvalue weighted by molar-refractivity contribution is 9.10.